The molecule has 18 heavy (non-hydrogen) atoms. The molecule has 1 saturated carbocycles. The first-order valence-electron chi connectivity index (χ1n) is 6.12. The molecule has 0 amide bonds. The molecule has 1 heterocycles. The van der Waals surface area contributed by atoms with Gasteiger partial charge in [-0.3, -0.25) is 0 Å². The van der Waals surface area contributed by atoms with Gasteiger partial charge < -0.3 is 9.67 Å². The van der Waals surface area contributed by atoms with Crippen LogP contribution in [-0.2, 0) is 0 Å². The van der Waals surface area contributed by atoms with Gasteiger partial charge in [-0.2, -0.15) is 0 Å². The van der Waals surface area contributed by atoms with Gasteiger partial charge in [0.05, 0.1) is 18.2 Å². The standard InChI is InChI=1S/C14H15FN2O/c1-9-6-10(15)2-5-12(9)14(18)13-7-16-8-17(13)11-3-4-11/h2,5-8,11,14,18H,3-4H2,1H3. The van der Waals surface area contributed by atoms with Crippen molar-refractivity contribution in [3.63, 3.8) is 0 Å². The number of imidazole rings is 1. The van der Waals surface area contributed by atoms with Crippen molar-refractivity contribution in [3.05, 3.63) is 53.4 Å². The van der Waals surface area contributed by atoms with Crippen LogP contribution in [0, 0.1) is 12.7 Å². The smallest absolute Gasteiger partial charge is 0.123 e. The van der Waals surface area contributed by atoms with Crippen LogP contribution in [-0.4, -0.2) is 14.7 Å². The van der Waals surface area contributed by atoms with Crippen LogP contribution in [0.25, 0.3) is 0 Å². The molecule has 1 aliphatic carbocycles. The van der Waals surface area contributed by atoms with E-state index in [0.717, 1.165) is 29.7 Å². The normalized spacial score (nSPS) is 16.8. The number of benzene rings is 1. The third kappa shape index (κ3) is 1.93. The van der Waals surface area contributed by atoms with Crippen molar-refractivity contribution >= 4 is 0 Å². The Balaban J connectivity index is 1.97. The molecule has 2 aromatic rings. The first kappa shape index (κ1) is 11.4. The summed E-state index contributed by atoms with van der Waals surface area (Å²) in [5, 5.41) is 10.4. The largest absolute Gasteiger partial charge is 0.382 e. The highest BCUT2D eigenvalue weighted by Gasteiger charge is 2.28. The van der Waals surface area contributed by atoms with Gasteiger partial charge in [0, 0.05) is 6.04 Å². The monoisotopic (exact) mass is 246 g/mol. The van der Waals surface area contributed by atoms with Crippen LogP contribution < -0.4 is 0 Å². The van der Waals surface area contributed by atoms with E-state index in [9.17, 15) is 9.50 Å². The van der Waals surface area contributed by atoms with E-state index in [1.165, 1.54) is 12.1 Å². The van der Waals surface area contributed by atoms with Gasteiger partial charge in [0.15, 0.2) is 0 Å². The Morgan fingerprint density at radius 2 is 2.22 bits per heavy atom. The van der Waals surface area contributed by atoms with Crippen LogP contribution in [0.1, 0.15) is 41.8 Å². The predicted octanol–water partition coefficient (Wildman–Crippen LogP) is 2.75. The zero-order chi connectivity index (χ0) is 12.7. The molecule has 4 heteroatoms. The average Bonchev–Trinajstić information content (AvgIpc) is 3.06. The van der Waals surface area contributed by atoms with Gasteiger partial charge in [-0.25, -0.2) is 9.37 Å². The Hall–Kier alpha value is -1.68. The van der Waals surface area contributed by atoms with Crippen LogP contribution in [0.4, 0.5) is 4.39 Å². The van der Waals surface area contributed by atoms with Gasteiger partial charge in [-0.1, -0.05) is 6.07 Å². The van der Waals surface area contributed by atoms with Crippen LogP contribution in [0.3, 0.4) is 0 Å². The van der Waals surface area contributed by atoms with E-state index in [0.29, 0.717) is 6.04 Å². The van der Waals surface area contributed by atoms with Gasteiger partial charge in [-0.15, -0.1) is 0 Å². The highest BCUT2D eigenvalue weighted by Crippen LogP contribution is 2.38. The van der Waals surface area contributed by atoms with Crippen molar-refractivity contribution in [1.82, 2.24) is 9.55 Å². The maximum absolute atomic E-state index is 13.1. The molecule has 0 radical (unpaired) electrons. The fourth-order valence-corrected chi connectivity index (χ4v) is 2.29. The molecule has 1 aromatic carbocycles. The molecule has 1 atom stereocenters. The second-order valence-corrected chi connectivity index (χ2v) is 4.86. The van der Waals surface area contributed by atoms with Crippen molar-refractivity contribution < 1.29 is 9.50 Å². The first-order chi connectivity index (χ1) is 8.66. The first-order valence-corrected chi connectivity index (χ1v) is 6.12. The Morgan fingerprint density at radius 3 is 2.89 bits per heavy atom. The Kier molecular flexibility index (Phi) is 2.67. The summed E-state index contributed by atoms with van der Waals surface area (Å²) in [4.78, 5) is 4.11. The van der Waals surface area contributed by atoms with Gasteiger partial charge >= 0.3 is 0 Å². The number of nitrogens with zero attached hydrogens (tertiary/aromatic N) is 2. The van der Waals surface area contributed by atoms with E-state index in [1.807, 2.05) is 4.57 Å². The van der Waals surface area contributed by atoms with Crippen molar-refractivity contribution in [2.75, 3.05) is 0 Å². The van der Waals surface area contributed by atoms with Crippen LogP contribution in [0.2, 0.25) is 0 Å². The van der Waals surface area contributed by atoms with E-state index in [4.69, 9.17) is 0 Å². The van der Waals surface area contributed by atoms with Crippen LogP contribution in [0.5, 0.6) is 0 Å². The summed E-state index contributed by atoms with van der Waals surface area (Å²) in [5.74, 6) is -0.279. The SMILES string of the molecule is Cc1cc(F)ccc1C(O)c1cncn1C1CC1. The molecule has 1 N–H and O–H groups in total. The van der Waals surface area contributed by atoms with E-state index >= 15 is 0 Å². The molecule has 1 fully saturated rings. The quantitative estimate of drug-likeness (QED) is 0.904. The molecule has 0 aliphatic heterocycles. The van der Waals surface area contributed by atoms with Crippen molar-refractivity contribution in [1.29, 1.82) is 0 Å². The molecule has 1 aliphatic rings. The maximum atomic E-state index is 13.1. The Labute approximate surface area is 105 Å². The summed E-state index contributed by atoms with van der Waals surface area (Å²) in [6.07, 6.45) is 4.98. The van der Waals surface area contributed by atoms with Gasteiger partial charge in [0.25, 0.3) is 0 Å². The Bertz CT molecular complexity index is 575. The number of aliphatic hydroxyl groups excluding tert-OH is 1. The molecule has 1 unspecified atom stereocenters. The van der Waals surface area contributed by atoms with Gasteiger partial charge in [0.2, 0.25) is 0 Å². The number of hydrogen-bond donors (Lipinski definition) is 1. The minimum absolute atomic E-state index is 0.279. The second-order valence-electron chi connectivity index (χ2n) is 4.86. The van der Waals surface area contributed by atoms with Crippen LogP contribution >= 0.6 is 0 Å². The molecular weight excluding hydrogens is 231 g/mol. The van der Waals surface area contributed by atoms with E-state index in [2.05, 4.69) is 4.98 Å². The number of aryl methyl sites for hydroxylation is 1. The molecule has 1 aromatic heterocycles. The van der Waals surface area contributed by atoms with E-state index < -0.39 is 6.10 Å². The lowest BCUT2D eigenvalue weighted by atomic mass is 10.0. The number of halogens is 1. The summed E-state index contributed by atoms with van der Waals surface area (Å²) in [5.41, 5.74) is 2.28. The fraction of sp³-hybridized carbons (Fsp3) is 0.357. The van der Waals surface area contributed by atoms with Crippen molar-refractivity contribution in [2.45, 2.75) is 31.9 Å². The number of hydrogen-bond acceptors (Lipinski definition) is 2. The zero-order valence-corrected chi connectivity index (χ0v) is 10.2. The third-order valence-corrected chi connectivity index (χ3v) is 3.44. The lowest BCUT2D eigenvalue weighted by Gasteiger charge is -2.15. The minimum atomic E-state index is -0.742. The molecule has 3 nitrogen and oxygen atoms in total. The minimum Gasteiger partial charge on any atom is -0.382 e. The molecule has 3 rings (SSSR count). The lowest BCUT2D eigenvalue weighted by molar-refractivity contribution is 0.209. The summed E-state index contributed by atoms with van der Waals surface area (Å²) < 4.78 is 15.1. The van der Waals surface area contributed by atoms with Gasteiger partial charge in [0.1, 0.15) is 11.9 Å². The summed E-state index contributed by atoms with van der Waals surface area (Å²) >= 11 is 0. The van der Waals surface area contributed by atoms with E-state index in [1.54, 1.807) is 25.5 Å². The third-order valence-electron chi connectivity index (χ3n) is 3.44. The Morgan fingerprint density at radius 1 is 1.44 bits per heavy atom. The topological polar surface area (TPSA) is 38.1 Å². The molecule has 0 saturated heterocycles. The lowest BCUT2D eigenvalue weighted by Crippen LogP contribution is -2.08. The molecular formula is C14H15FN2O. The summed E-state index contributed by atoms with van der Waals surface area (Å²) in [7, 11) is 0. The highest BCUT2D eigenvalue weighted by molar-refractivity contribution is 5.33. The van der Waals surface area contributed by atoms with Crippen LogP contribution in [0.15, 0.2) is 30.7 Å². The fourth-order valence-electron chi connectivity index (χ4n) is 2.29. The maximum Gasteiger partial charge on any atom is 0.123 e. The number of aliphatic hydroxyl groups is 1. The van der Waals surface area contributed by atoms with Crippen molar-refractivity contribution in [2.24, 2.45) is 0 Å². The average molecular weight is 246 g/mol. The molecule has 94 valence electrons. The predicted molar refractivity (Wildman–Crippen MR) is 65.7 cm³/mol. The number of aromatic nitrogens is 2. The van der Waals surface area contributed by atoms with Crippen molar-refractivity contribution in [3.8, 4) is 0 Å². The van der Waals surface area contributed by atoms with E-state index in [-0.39, 0.29) is 5.82 Å². The number of rotatable bonds is 3. The zero-order valence-electron chi connectivity index (χ0n) is 10.2. The summed E-state index contributed by atoms with van der Waals surface area (Å²) in [6.45, 7) is 1.81. The second kappa shape index (κ2) is 4.21. The summed E-state index contributed by atoms with van der Waals surface area (Å²) in [6, 6.07) is 4.93. The highest BCUT2D eigenvalue weighted by atomic mass is 19.1. The van der Waals surface area contributed by atoms with Gasteiger partial charge in [-0.05, 0) is 43.0 Å². The molecule has 0 spiro atoms. The molecule has 0 bridgehead atoms.